The van der Waals surface area contributed by atoms with Gasteiger partial charge in [-0.05, 0) is 23.9 Å². The standard InChI is InChI=1S/C17H22N2O2S/c1-2-18-17(21)13-19(11-14-7-4-3-5-8-14)12-15(20)16-9-6-10-22-16/h3-10,15,20H,2,11-13H2,1H3,(H,18,21). The number of aliphatic hydroxyl groups excluding tert-OH is 1. The Labute approximate surface area is 135 Å². The number of rotatable bonds is 8. The van der Waals surface area contributed by atoms with E-state index in [9.17, 15) is 9.90 Å². The molecule has 2 rings (SSSR count). The Hall–Kier alpha value is -1.69. The van der Waals surface area contributed by atoms with Crippen LogP contribution in [-0.2, 0) is 11.3 Å². The highest BCUT2D eigenvalue weighted by Crippen LogP contribution is 2.20. The summed E-state index contributed by atoms with van der Waals surface area (Å²) >= 11 is 1.53. The molecule has 1 atom stereocenters. The maximum Gasteiger partial charge on any atom is 0.234 e. The number of benzene rings is 1. The number of carbonyl (C=O) groups is 1. The Balaban J connectivity index is 2.02. The molecule has 0 aliphatic carbocycles. The molecule has 0 aliphatic heterocycles. The number of nitrogens with one attached hydrogen (secondary N) is 1. The number of nitrogens with zero attached hydrogens (tertiary/aromatic N) is 1. The van der Waals surface area contributed by atoms with Gasteiger partial charge in [-0.15, -0.1) is 11.3 Å². The van der Waals surface area contributed by atoms with Crippen molar-refractivity contribution in [2.45, 2.75) is 19.6 Å². The summed E-state index contributed by atoms with van der Waals surface area (Å²) in [6, 6.07) is 13.8. The zero-order valence-electron chi connectivity index (χ0n) is 12.7. The minimum Gasteiger partial charge on any atom is -0.386 e. The molecular weight excluding hydrogens is 296 g/mol. The summed E-state index contributed by atoms with van der Waals surface area (Å²) in [5, 5.41) is 15.1. The van der Waals surface area contributed by atoms with Crippen molar-refractivity contribution >= 4 is 17.2 Å². The Morgan fingerprint density at radius 1 is 1.27 bits per heavy atom. The van der Waals surface area contributed by atoms with Crippen molar-refractivity contribution in [3.05, 3.63) is 58.3 Å². The van der Waals surface area contributed by atoms with Gasteiger partial charge in [-0.2, -0.15) is 0 Å². The summed E-state index contributed by atoms with van der Waals surface area (Å²) in [4.78, 5) is 14.8. The number of thiophene rings is 1. The summed E-state index contributed by atoms with van der Waals surface area (Å²) in [5.74, 6) is -0.0168. The van der Waals surface area contributed by atoms with Gasteiger partial charge in [-0.25, -0.2) is 0 Å². The number of aliphatic hydroxyl groups is 1. The molecule has 0 radical (unpaired) electrons. The average Bonchev–Trinajstić information content (AvgIpc) is 3.02. The number of hydrogen-bond acceptors (Lipinski definition) is 4. The fraction of sp³-hybridized carbons (Fsp3) is 0.353. The van der Waals surface area contributed by atoms with Crippen molar-refractivity contribution in [2.24, 2.45) is 0 Å². The third kappa shape index (κ3) is 5.26. The van der Waals surface area contributed by atoms with Crippen LogP contribution < -0.4 is 5.32 Å². The first-order chi connectivity index (χ1) is 10.7. The lowest BCUT2D eigenvalue weighted by molar-refractivity contribution is -0.122. The Kier molecular flexibility index (Phi) is 6.58. The highest BCUT2D eigenvalue weighted by molar-refractivity contribution is 7.10. The summed E-state index contributed by atoms with van der Waals surface area (Å²) in [6.07, 6.45) is -0.571. The van der Waals surface area contributed by atoms with Crippen molar-refractivity contribution in [3.8, 4) is 0 Å². The van der Waals surface area contributed by atoms with E-state index >= 15 is 0 Å². The molecule has 0 bridgehead atoms. The second-order valence-electron chi connectivity index (χ2n) is 5.14. The zero-order chi connectivity index (χ0) is 15.8. The first-order valence-electron chi connectivity index (χ1n) is 7.43. The molecule has 1 aromatic heterocycles. The first-order valence-corrected chi connectivity index (χ1v) is 8.31. The lowest BCUT2D eigenvalue weighted by atomic mass is 10.2. The molecule has 1 unspecified atom stereocenters. The predicted octanol–water partition coefficient (Wildman–Crippen LogP) is 2.42. The van der Waals surface area contributed by atoms with E-state index in [-0.39, 0.29) is 12.5 Å². The summed E-state index contributed by atoms with van der Waals surface area (Å²) in [7, 11) is 0. The molecule has 0 aliphatic rings. The van der Waals surface area contributed by atoms with Gasteiger partial charge in [0.1, 0.15) is 6.10 Å². The summed E-state index contributed by atoms with van der Waals surface area (Å²) in [6.45, 7) is 3.88. The number of amides is 1. The van der Waals surface area contributed by atoms with E-state index < -0.39 is 6.10 Å². The van der Waals surface area contributed by atoms with Crippen LogP contribution in [-0.4, -0.2) is 35.5 Å². The van der Waals surface area contributed by atoms with Gasteiger partial charge in [0.25, 0.3) is 0 Å². The molecule has 1 heterocycles. The molecule has 2 N–H and O–H groups in total. The van der Waals surface area contributed by atoms with E-state index in [4.69, 9.17) is 0 Å². The van der Waals surface area contributed by atoms with E-state index in [1.54, 1.807) is 0 Å². The Morgan fingerprint density at radius 2 is 2.05 bits per heavy atom. The molecule has 0 saturated heterocycles. The Bertz CT molecular complexity index is 557. The number of likely N-dealkylation sites (N-methyl/N-ethyl adjacent to an activating group) is 1. The molecule has 1 amide bonds. The third-order valence-corrected chi connectivity index (χ3v) is 4.27. The van der Waals surface area contributed by atoms with Crippen molar-refractivity contribution in [2.75, 3.05) is 19.6 Å². The van der Waals surface area contributed by atoms with E-state index in [0.29, 0.717) is 19.6 Å². The Morgan fingerprint density at radius 3 is 2.68 bits per heavy atom. The van der Waals surface area contributed by atoms with E-state index in [2.05, 4.69) is 5.32 Å². The molecule has 22 heavy (non-hydrogen) atoms. The monoisotopic (exact) mass is 318 g/mol. The molecule has 118 valence electrons. The average molecular weight is 318 g/mol. The summed E-state index contributed by atoms with van der Waals surface area (Å²) in [5.41, 5.74) is 1.13. The van der Waals surface area contributed by atoms with Gasteiger partial charge >= 0.3 is 0 Å². The van der Waals surface area contributed by atoms with Gasteiger partial charge in [0.15, 0.2) is 0 Å². The molecular formula is C17H22N2O2S. The molecule has 0 spiro atoms. The maximum absolute atomic E-state index is 11.9. The largest absolute Gasteiger partial charge is 0.386 e. The smallest absolute Gasteiger partial charge is 0.234 e. The summed E-state index contributed by atoms with van der Waals surface area (Å²) < 4.78 is 0. The quantitative estimate of drug-likeness (QED) is 0.786. The van der Waals surface area contributed by atoms with Crippen LogP contribution in [0.5, 0.6) is 0 Å². The lowest BCUT2D eigenvalue weighted by Gasteiger charge is -2.24. The fourth-order valence-electron chi connectivity index (χ4n) is 2.30. The van der Waals surface area contributed by atoms with E-state index in [0.717, 1.165) is 10.4 Å². The van der Waals surface area contributed by atoms with Crippen LogP contribution in [0.2, 0.25) is 0 Å². The second-order valence-corrected chi connectivity index (χ2v) is 6.12. The highest BCUT2D eigenvalue weighted by atomic mass is 32.1. The topological polar surface area (TPSA) is 52.6 Å². The van der Waals surface area contributed by atoms with Crippen LogP contribution in [0.3, 0.4) is 0 Å². The van der Waals surface area contributed by atoms with Gasteiger partial charge in [-0.3, -0.25) is 9.69 Å². The van der Waals surface area contributed by atoms with Crippen molar-refractivity contribution in [1.29, 1.82) is 0 Å². The zero-order valence-corrected chi connectivity index (χ0v) is 13.6. The van der Waals surface area contributed by atoms with Crippen molar-refractivity contribution in [3.63, 3.8) is 0 Å². The minimum atomic E-state index is -0.571. The molecule has 0 saturated carbocycles. The van der Waals surface area contributed by atoms with Gasteiger partial charge in [-0.1, -0.05) is 36.4 Å². The van der Waals surface area contributed by atoms with E-state index in [1.807, 2.05) is 59.7 Å². The third-order valence-electron chi connectivity index (χ3n) is 3.29. The normalized spacial score (nSPS) is 12.3. The number of carbonyl (C=O) groups excluding carboxylic acids is 1. The van der Waals surface area contributed by atoms with Crippen LogP contribution in [0.15, 0.2) is 47.8 Å². The first kappa shape index (κ1) is 16.7. The van der Waals surface area contributed by atoms with Crippen LogP contribution in [0.1, 0.15) is 23.5 Å². The molecule has 1 aromatic carbocycles. The van der Waals surface area contributed by atoms with Crippen LogP contribution >= 0.6 is 11.3 Å². The van der Waals surface area contributed by atoms with Crippen molar-refractivity contribution in [1.82, 2.24) is 10.2 Å². The van der Waals surface area contributed by atoms with Crippen molar-refractivity contribution < 1.29 is 9.90 Å². The fourth-order valence-corrected chi connectivity index (χ4v) is 3.00. The van der Waals surface area contributed by atoms with E-state index in [1.165, 1.54) is 11.3 Å². The maximum atomic E-state index is 11.9. The van der Waals surface area contributed by atoms with Gasteiger partial charge < -0.3 is 10.4 Å². The molecule has 5 heteroatoms. The molecule has 2 aromatic rings. The van der Waals surface area contributed by atoms with Crippen LogP contribution in [0.4, 0.5) is 0 Å². The number of hydrogen-bond donors (Lipinski definition) is 2. The highest BCUT2D eigenvalue weighted by Gasteiger charge is 2.17. The van der Waals surface area contributed by atoms with Gasteiger partial charge in [0, 0.05) is 24.5 Å². The minimum absolute atomic E-state index is 0.0168. The molecule has 0 fully saturated rings. The molecule has 4 nitrogen and oxygen atoms in total. The lowest BCUT2D eigenvalue weighted by Crippen LogP contribution is -2.38. The van der Waals surface area contributed by atoms with Crippen LogP contribution in [0.25, 0.3) is 0 Å². The second kappa shape index (κ2) is 8.68. The predicted molar refractivity (Wildman–Crippen MR) is 89.7 cm³/mol. The SMILES string of the molecule is CCNC(=O)CN(Cc1ccccc1)CC(O)c1cccs1. The van der Waals surface area contributed by atoms with Gasteiger partial charge in [0.2, 0.25) is 5.91 Å². The van der Waals surface area contributed by atoms with Gasteiger partial charge in [0.05, 0.1) is 6.54 Å². The van der Waals surface area contributed by atoms with Crippen LogP contribution in [0, 0.1) is 0 Å².